The monoisotopic (exact) mass is 313 g/mol. The maximum absolute atomic E-state index is 5.94. The number of thiocarbonyl (C=S) groups is 1. The quantitative estimate of drug-likeness (QED) is 0.808. The van der Waals surface area contributed by atoms with Crippen LogP contribution in [0.5, 0.6) is 0 Å². The zero-order chi connectivity index (χ0) is 14.2. The highest BCUT2D eigenvalue weighted by Crippen LogP contribution is 2.10. The Morgan fingerprint density at radius 3 is 2.85 bits per heavy atom. The molecule has 0 saturated carbocycles. The van der Waals surface area contributed by atoms with Gasteiger partial charge in [0.05, 0.1) is 13.2 Å². The molecule has 1 aliphatic heterocycles. The van der Waals surface area contributed by atoms with Gasteiger partial charge in [0.2, 0.25) is 0 Å². The van der Waals surface area contributed by atoms with Crippen LogP contribution in [-0.2, 0) is 11.3 Å². The second-order valence-electron chi connectivity index (χ2n) is 4.69. The van der Waals surface area contributed by atoms with Gasteiger partial charge < -0.3 is 15.4 Å². The van der Waals surface area contributed by atoms with E-state index in [2.05, 4.69) is 15.5 Å². The summed E-state index contributed by atoms with van der Waals surface area (Å²) in [5, 5.41) is 7.83. The first-order valence-corrected chi connectivity index (χ1v) is 7.59. The summed E-state index contributed by atoms with van der Waals surface area (Å²) in [4.78, 5) is 2.37. The van der Waals surface area contributed by atoms with Crippen molar-refractivity contribution in [3.8, 4) is 0 Å². The van der Waals surface area contributed by atoms with Gasteiger partial charge in [-0.05, 0) is 29.9 Å². The summed E-state index contributed by atoms with van der Waals surface area (Å²) >= 11 is 11.2. The average molecular weight is 314 g/mol. The molecular formula is C14H20ClN3OS. The van der Waals surface area contributed by atoms with Crippen molar-refractivity contribution in [3.05, 3.63) is 34.9 Å². The fourth-order valence-corrected chi connectivity index (χ4v) is 2.43. The van der Waals surface area contributed by atoms with Crippen LogP contribution < -0.4 is 10.6 Å². The predicted octanol–water partition coefficient (Wildman–Crippen LogP) is 1.64. The van der Waals surface area contributed by atoms with E-state index in [0.717, 1.165) is 50.0 Å². The molecule has 1 saturated heterocycles. The number of hydrogen-bond acceptors (Lipinski definition) is 3. The molecule has 2 N–H and O–H groups in total. The number of nitrogens with zero attached hydrogens (tertiary/aromatic N) is 1. The number of benzene rings is 1. The third kappa shape index (κ3) is 5.63. The summed E-state index contributed by atoms with van der Waals surface area (Å²) in [6.07, 6.45) is 0. The van der Waals surface area contributed by atoms with E-state index in [1.165, 1.54) is 0 Å². The van der Waals surface area contributed by atoms with Crippen molar-refractivity contribution in [1.29, 1.82) is 0 Å². The van der Waals surface area contributed by atoms with Crippen molar-refractivity contribution in [2.24, 2.45) is 0 Å². The molecule has 0 radical (unpaired) electrons. The van der Waals surface area contributed by atoms with Gasteiger partial charge in [-0.2, -0.15) is 0 Å². The van der Waals surface area contributed by atoms with Crippen molar-refractivity contribution in [3.63, 3.8) is 0 Å². The van der Waals surface area contributed by atoms with Crippen LogP contribution in [0.4, 0.5) is 0 Å². The van der Waals surface area contributed by atoms with E-state index in [1.807, 2.05) is 24.3 Å². The van der Waals surface area contributed by atoms with E-state index in [0.29, 0.717) is 11.7 Å². The van der Waals surface area contributed by atoms with E-state index in [1.54, 1.807) is 0 Å². The Morgan fingerprint density at radius 1 is 1.30 bits per heavy atom. The van der Waals surface area contributed by atoms with Crippen molar-refractivity contribution in [1.82, 2.24) is 15.5 Å². The molecular weight excluding hydrogens is 294 g/mol. The highest BCUT2D eigenvalue weighted by Gasteiger charge is 2.09. The van der Waals surface area contributed by atoms with Crippen molar-refractivity contribution in [2.45, 2.75) is 6.54 Å². The Hall–Kier alpha value is -0.880. The van der Waals surface area contributed by atoms with E-state index >= 15 is 0 Å². The van der Waals surface area contributed by atoms with E-state index < -0.39 is 0 Å². The fraction of sp³-hybridized carbons (Fsp3) is 0.500. The zero-order valence-electron chi connectivity index (χ0n) is 11.4. The molecule has 0 unspecified atom stereocenters. The van der Waals surface area contributed by atoms with Gasteiger partial charge in [-0.3, -0.25) is 4.90 Å². The highest BCUT2D eigenvalue weighted by molar-refractivity contribution is 7.80. The molecule has 0 spiro atoms. The van der Waals surface area contributed by atoms with Gasteiger partial charge in [0.15, 0.2) is 5.11 Å². The molecule has 110 valence electrons. The Morgan fingerprint density at radius 2 is 2.10 bits per heavy atom. The minimum atomic E-state index is 0.679. The van der Waals surface area contributed by atoms with Crippen molar-refractivity contribution >= 4 is 28.9 Å². The molecule has 1 heterocycles. The molecule has 20 heavy (non-hydrogen) atoms. The van der Waals surface area contributed by atoms with Crippen LogP contribution in [0, 0.1) is 0 Å². The number of nitrogens with one attached hydrogen (secondary N) is 2. The summed E-state index contributed by atoms with van der Waals surface area (Å²) in [5.41, 5.74) is 1.12. The van der Waals surface area contributed by atoms with Crippen LogP contribution in [0.2, 0.25) is 5.02 Å². The van der Waals surface area contributed by atoms with Gasteiger partial charge in [0.1, 0.15) is 0 Å². The number of rotatable bonds is 5. The predicted molar refractivity (Wildman–Crippen MR) is 86.2 cm³/mol. The maximum Gasteiger partial charge on any atom is 0.166 e. The number of morpholine rings is 1. The summed E-state index contributed by atoms with van der Waals surface area (Å²) in [6.45, 7) is 6.19. The Bertz CT molecular complexity index is 438. The van der Waals surface area contributed by atoms with Gasteiger partial charge >= 0.3 is 0 Å². The van der Waals surface area contributed by atoms with Crippen LogP contribution in [0.3, 0.4) is 0 Å². The smallest absolute Gasteiger partial charge is 0.166 e. The van der Waals surface area contributed by atoms with Gasteiger partial charge in [-0.25, -0.2) is 0 Å². The molecule has 0 amide bonds. The molecule has 0 bridgehead atoms. The van der Waals surface area contributed by atoms with Crippen LogP contribution in [0.1, 0.15) is 5.56 Å². The SMILES string of the molecule is S=C(NCCN1CCOCC1)NCc1cccc(Cl)c1. The lowest BCUT2D eigenvalue weighted by Crippen LogP contribution is -2.43. The topological polar surface area (TPSA) is 36.5 Å². The number of ether oxygens (including phenoxy) is 1. The van der Waals surface area contributed by atoms with Crippen LogP contribution in [-0.4, -0.2) is 49.4 Å². The summed E-state index contributed by atoms with van der Waals surface area (Å²) in [6, 6.07) is 7.76. The molecule has 0 atom stereocenters. The number of halogens is 1. The minimum absolute atomic E-state index is 0.679. The summed E-state index contributed by atoms with van der Waals surface area (Å²) in [7, 11) is 0. The molecule has 2 rings (SSSR count). The van der Waals surface area contributed by atoms with Gasteiger partial charge in [0, 0.05) is 37.7 Å². The van der Waals surface area contributed by atoms with Crippen molar-refractivity contribution < 1.29 is 4.74 Å². The first-order chi connectivity index (χ1) is 9.74. The Balaban J connectivity index is 1.60. The first kappa shape index (κ1) is 15.5. The maximum atomic E-state index is 5.94. The Labute approximate surface area is 130 Å². The summed E-state index contributed by atoms with van der Waals surface area (Å²) in [5.74, 6) is 0. The zero-order valence-corrected chi connectivity index (χ0v) is 13.0. The largest absolute Gasteiger partial charge is 0.379 e. The van der Waals surface area contributed by atoms with Crippen molar-refractivity contribution in [2.75, 3.05) is 39.4 Å². The van der Waals surface area contributed by atoms with E-state index in [-0.39, 0.29) is 0 Å². The van der Waals surface area contributed by atoms with E-state index in [9.17, 15) is 0 Å². The molecule has 0 aliphatic carbocycles. The van der Waals surface area contributed by atoms with E-state index in [4.69, 9.17) is 28.6 Å². The first-order valence-electron chi connectivity index (χ1n) is 6.80. The molecule has 1 aromatic carbocycles. The fourth-order valence-electron chi connectivity index (χ4n) is 2.04. The summed E-state index contributed by atoms with van der Waals surface area (Å²) < 4.78 is 5.31. The highest BCUT2D eigenvalue weighted by atomic mass is 35.5. The minimum Gasteiger partial charge on any atom is -0.379 e. The lowest BCUT2D eigenvalue weighted by molar-refractivity contribution is 0.0389. The second kappa shape index (κ2) is 8.42. The molecule has 1 aliphatic rings. The second-order valence-corrected chi connectivity index (χ2v) is 5.54. The normalized spacial score (nSPS) is 15.8. The van der Waals surface area contributed by atoms with Gasteiger partial charge in [-0.15, -0.1) is 0 Å². The lowest BCUT2D eigenvalue weighted by Gasteiger charge is -2.26. The van der Waals surface area contributed by atoms with Crippen LogP contribution in [0.15, 0.2) is 24.3 Å². The third-order valence-electron chi connectivity index (χ3n) is 3.16. The Kier molecular flexibility index (Phi) is 6.53. The molecule has 6 heteroatoms. The van der Waals surface area contributed by atoms with Crippen LogP contribution in [0.25, 0.3) is 0 Å². The molecule has 1 fully saturated rings. The number of hydrogen-bond donors (Lipinski definition) is 2. The molecule has 0 aromatic heterocycles. The lowest BCUT2D eigenvalue weighted by atomic mass is 10.2. The van der Waals surface area contributed by atoms with Crippen LogP contribution >= 0.6 is 23.8 Å². The van der Waals surface area contributed by atoms with Gasteiger partial charge in [0.25, 0.3) is 0 Å². The standard InChI is InChI=1S/C14H20ClN3OS/c15-13-3-1-2-12(10-13)11-17-14(20)16-4-5-18-6-8-19-9-7-18/h1-3,10H,4-9,11H2,(H2,16,17,20). The molecule has 1 aromatic rings. The molecule has 4 nitrogen and oxygen atoms in total. The third-order valence-corrected chi connectivity index (χ3v) is 3.68. The van der Waals surface area contributed by atoms with Gasteiger partial charge in [-0.1, -0.05) is 23.7 Å². The average Bonchev–Trinajstić information content (AvgIpc) is 2.46.